The molecule has 0 saturated carbocycles. The first-order valence-corrected chi connectivity index (χ1v) is 0. The second-order valence-electron chi connectivity index (χ2n) is 0. The maximum atomic E-state index is 0. The van der Waals surface area contributed by atoms with Gasteiger partial charge in [-0.3, -0.25) is 0 Å². The number of halogens is 3. The molecule has 0 atom stereocenters. The normalized spacial score (nSPS) is 0. The predicted octanol–water partition coefficient (Wildman–Crippen LogP) is -3.68. The molecule has 6 nitrogen and oxygen atoms in total. The predicted molar refractivity (Wildman–Crippen MR) is 43.4 cm³/mol. The fourth-order valence-corrected chi connectivity index (χ4v) is 0. The third kappa shape index (κ3) is 207. The van der Waals surface area contributed by atoms with Gasteiger partial charge in [-0.15, -0.1) is 37.2 Å². The summed E-state index contributed by atoms with van der Waals surface area (Å²) in [6.07, 6.45) is 0. The van der Waals surface area contributed by atoms with Crippen LogP contribution in [-0.2, 0) is 0 Å². The van der Waals surface area contributed by atoms with Gasteiger partial charge in [0.2, 0.25) is 0 Å². The molecule has 0 saturated heterocycles. The van der Waals surface area contributed by atoms with E-state index in [1.165, 1.54) is 0 Å². The van der Waals surface area contributed by atoms with E-state index in [1.807, 2.05) is 0 Å². The van der Waals surface area contributed by atoms with Gasteiger partial charge in [0, 0.05) is 40.4 Å². The van der Waals surface area contributed by atoms with Gasteiger partial charge in [0.1, 0.15) is 0 Å². The van der Waals surface area contributed by atoms with Crippen molar-refractivity contribution in [3.8, 4) is 0 Å². The van der Waals surface area contributed by atoms with Gasteiger partial charge in [-0.1, -0.05) is 0 Å². The van der Waals surface area contributed by atoms with Crippen molar-refractivity contribution in [2.75, 3.05) is 0 Å². The van der Waals surface area contributed by atoms with Crippen LogP contribution in [0.4, 0.5) is 0 Å². The number of hydrogen-bond donors (Lipinski definition) is 0. The van der Waals surface area contributed by atoms with Gasteiger partial charge in [0.25, 0.3) is 0 Å². The van der Waals surface area contributed by atoms with E-state index in [1.54, 1.807) is 0 Å². The molecule has 0 spiro atoms. The molecule has 0 fully saturated rings. The Morgan fingerprint density at radius 1 is 0.300 bits per heavy atom. The average Bonchev–Trinajstić information content (AvgIpc) is 0. The summed E-state index contributed by atoms with van der Waals surface area (Å²) in [6, 6.07) is 0. The Labute approximate surface area is 109 Å². The van der Waals surface area contributed by atoms with Gasteiger partial charge in [0.05, 0.1) is 0 Å². The molecular weight excluding hydrogens is 353 g/mol. The zero-order chi connectivity index (χ0) is 0. The van der Waals surface area contributed by atoms with Gasteiger partial charge in [-0.25, -0.2) is 0 Å². The number of hydrogen-bond acceptors (Lipinski definition) is 0. The molecule has 0 unspecified atom stereocenters. The Morgan fingerprint density at radius 2 is 0.300 bits per heavy atom. The van der Waals surface area contributed by atoms with Crippen LogP contribution in [-0.4, -0.2) is 32.9 Å². The topological polar surface area (TPSA) is 189 Å². The van der Waals surface area contributed by atoms with E-state index >= 15 is 0 Å². The summed E-state index contributed by atoms with van der Waals surface area (Å²) < 4.78 is 0. The van der Waals surface area contributed by atoms with Crippen LogP contribution in [0.5, 0.6) is 0 Å². The Balaban J connectivity index is 0. The van der Waals surface area contributed by atoms with Crippen LogP contribution < -0.4 is 0 Å². The standard InChI is InChI=1S/3ClH.6H2O.Sm/h3*1H;6*1H2;. The van der Waals surface area contributed by atoms with E-state index in [0.29, 0.717) is 0 Å². The molecule has 0 radical (unpaired) electrons. The van der Waals surface area contributed by atoms with Crippen LogP contribution >= 0.6 is 37.2 Å². The van der Waals surface area contributed by atoms with E-state index in [-0.39, 0.29) is 110 Å². The SMILES string of the molecule is Cl.Cl.Cl.O.O.O.O.O.O.[Sm]. The van der Waals surface area contributed by atoms with Crippen molar-refractivity contribution in [3.05, 3.63) is 0 Å². The van der Waals surface area contributed by atoms with Gasteiger partial charge in [0.15, 0.2) is 0 Å². The molecule has 0 rings (SSSR count). The molecule has 12 N–H and O–H groups in total. The minimum absolute atomic E-state index is 0. The van der Waals surface area contributed by atoms with Crippen molar-refractivity contribution in [1.82, 2.24) is 0 Å². The van der Waals surface area contributed by atoms with Gasteiger partial charge in [-0.05, 0) is 0 Å². The van der Waals surface area contributed by atoms with Crippen molar-refractivity contribution >= 4 is 37.2 Å². The summed E-state index contributed by atoms with van der Waals surface area (Å²) >= 11 is 0. The molecule has 0 aliphatic heterocycles. The third-order valence-corrected chi connectivity index (χ3v) is 0. The summed E-state index contributed by atoms with van der Waals surface area (Å²) in [5.41, 5.74) is 0. The fourth-order valence-electron chi connectivity index (χ4n) is 0. The molecule has 0 amide bonds. The van der Waals surface area contributed by atoms with Crippen LogP contribution in [0.1, 0.15) is 0 Å². The van der Waals surface area contributed by atoms with Crippen LogP contribution in [0.3, 0.4) is 0 Å². The van der Waals surface area contributed by atoms with E-state index in [2.05, 4.69) is 0 Å². The van der Waals surface area contributed by atoms with Gasteiger partial charge in [-0.2, -0.15) is 0 Å². The second-order valence-corrected chi connectivity index (χ2v) is 0. The Morgan fingerprint density at radius 3 is 0.300 bits per heavy atom. The summed E-state index contributed by atoms with van der Waals surface area (Å²) in [6.45, 7) is 0. The molecular formula is H15Cl3O6Sm. The Kier molecular flexibility index (Phi) is 10500. The summed E-state index contributed by atoms with van der Waals surface area (Å²) in [5.74, 6) is 0. The molecule has 10 heteroatoms. The zero-order valence-corrected chi connectivity index (χ0v) is 9.70. The van der Waals surface area contributed by atoms with Crippen molar-refractivity contribution in [2.45, 2.75) is 0 Å². The Bertz CT molecular complexity index is 13.0. The Hall–Kier alpha value is 1.97. The van der Waals surface area contributed by atoms with Crippen molar-refractivity contribution in [1.29, 1.82) is 0 Å². The van der Waals surface area contributed by atoms with E-state index in [0.717, 1.165) is 0 Å². The first kappa shape index (κ1) is 372. The van der Waals surface area contributed by atoms with Gasteiger partial charge >= 0.3 is 0 Å². The largest absolute Gasteiger partial charge is 0.412 e. The average molecular weight is 368 g/mol. The van der Waals surface area contributed by atoms with Crippen molar-refractivity contribution in [3.63, 3.8) is 0 Å². The molecule has 0 aromatic rings. The molecule has 0 aromatic heterocycles. The van der Waals surface area contributed by atoms with E-state index < -0.39 is 0 Å². The maximum Gasteiger partial charge on any atom is 0 e. The summed E-state index contributed by atoms with van der Waals surface area (Å²) in [5, 5.41) is 0. The van der Waals surface area contributed by atoms with Crippen LogP contribution in [0.2, 0.25) is 0 Å². The fraction of sp³-hybridized carbons (Fsp3) is 0. The molecule has 0 aromatic carbocycles. The van der Waals surface area contributed by atoms with Crippen LogP contribution in [0.25, 0.3) is 0 Å². The molecule has 78 valence electrons. The maximum absolute atomic E-state index is 0. The minimum atomic E-state index is 0. The van der Waals surface area contributed by atoms with Gasteiger partial charge < -0.3 is 32.9 Å². The first-order chi connectivity index (χ1) is 0. The monoisotopic (exact) mass is 368 g/mol. The summed E-state index contributed by atoms with van der Waals surface area (Å²) in [7, 11) is 0. The zero-order valence-electron chi connectivity index (χ0n) is 4.63. The third-order valence-electron chi connectivity index (χ3n) is 0. The van der Waals surface area contributed by atoms with E-state index in [9.17, 15) is 0 Å². The quantitative estimate of drug-likeness (QED) is 0.407. The van der Waals surface area contributed by atoms with Crippen molar-refractivity contribution in [2.24, 2.45) is 0 Å². The first-order valence-electron chi connectivity index (χ1n) is 0. The molecule has 0 bridgehead atoms. The van der Waals surface area contributed by atoms with E-state index in [4.69, 9.17) is 0 Å². The second kappa shape index (κ2) is 281. The molecule has 10 heavy (non-hydrogen) atoms. The molecule has 0 aliphatic carbocycles. The number of rotatable bonds is 0. The molecule has 0 heterocycles. The van der Waals surface area contributed by atoms with Crippen LogP contribution in [0.15, 0.2) is 0 Å². The smallest absolute Gasteiger partial charge is 0 e. The molecule has 0 aliphatic rings. The minimum Gasteiger partial charge on any atom is -0.412 e. The van der Waals surface area contributed by atoms with Crippen LogP contribution in [0, 0.1) is 40.4 Å². The van der Waals surface area contributed by atoms with Crippen molar-refractivity contribution < 1.29 is 73.2 Å². The summed E-state index contributed by atoms with van der Waals surface area (Å²) in [4.78, 5) is 0.